The predicted molar refractivity (Wildman–Crippen MR) is 131 cm³/mol. The molecule has 0 radical (unpaired) electrons. The Morgan fingerprint density at radius 1 is 0.970 bits per heavy atom. The molecule has 4 aromatic rings. The van der Waals surface area contributed by atoms with E-state index in [9.17, 15) is 4.79 Å². The topological polar surface area (TPSA) is 69.0 Å². The van der Waals surface area contributed by atoms with Crippen molar-refractivity contribution in [3.63, 3.8) is 0 Å². The van der Waals surface area contributed by atoms with Crippen LogP contribution in [-0.4, -0.2) is 27.8 Å². The minimum absolute atomic E-state index is 0.222. The third-order valence-corrected chi connectivity index (χ3v) is 6.20. The highest BCUT2D eigenvalue weighted by molar-refractivity contribution is 7.98. The smallest absolute Gasteiger partial charge is 0.255 e. The molecule has 0 aliphatic rings. The molecular weight excluding hydrogens is 432 g/mol. The molecule has 3 aromatic carbocycles. The van der Waals surface area contributed by atoms with Crippen LogP contribution >= 0.6 is 11.8 Å². The molecule has 1 aromatic heterocycles. The van der Waals surface area contributed by atoms with Gasteiger partial charge in [-0.3, -0.25) is 9.36 Å². The highest BCUT2D eigenvalue weighted by Gasteiger charge is 2.17. The minimum atomic E-state index is -0.222. The number of aryl methyl sites for hydroxylation is 2. The number of carbonyl (C=O) groups is 1. The lowest BCUT2D eigenvalue weighted by molar-refractivity contribution is 0.0946. The monoisotopic (exact) mass is 458 g/mol. The summed E-state index contributed by atoms with van der Waals surface area (Å²) in [4.78, 5) is 12.8. The maximum absolute atomic E-state index is 12.8. The van der Waals surface area contributed by atoms with Crippen molar-refractivity contribution in [3.8, 4) is 11.4 Å². The van der Waals surface area contributed by atoms with Gasteiger partial charge in [0.05, 0.1) is 19.2 Å². The summed E-state index contributed by atoms with van der Waals surface area (Å²) in [5.41, 5.74) is 5.07. The molecular formula is C26H26N4O2S. The summed E-state index contributed by atoms with van der Waals surface area (Å²) in [6.45, 7) is 4.38. The van der Waals surface area contributed by atoms with E-state index in [-0.39, 0.29) is 12.5 Å². The Hall–Kier alpha value is -3.58. The molecule has 1 N–H and O–H groups in total. The number of rotatable bonds is 8. The molecule has 0 bridgehead atoms. The highest BCUT2D eigenvalue weighted by Crippen LogP contribution is 2.26. The fraction of sp³-hybridized carbons (Fsp3) is 0.192. The molecule has 0 aliphatic carbocycles. The normalized spacial score (nSPS) is 10.8. The summed E-state index contributed by atoms with van der Waals surface area (Å²) in [5.74, 6) is 1.75. The van der Waals surface area contributed by atoms with E-state index in [1.807, 2.05) is 28.8 Å². The van der Waals surface area contributed by atoms with Gasteiger partial charge in [-0.25, -0.2) is 0 Å². The number of nitrogens with zero attached hydrogens (tertiary/aromatic N) is 3. The Morgan fingerprint density at radius 3 is 2.52 bits per heavy atom. The van der Waals surface area contributed by atoms with Crippen LogP contribution in [-0.2, 0) is 12.3 Å². The second kappa shape index (κ2) is 10.4. The van der Waals surface area contributed by atoms with E-state index in [2.05, 4.69) is 65.8 Å². The summed E-state index contributed by atoms with van der Waals surface area (Å²) in [5, 5.41) is 12.6. The van der Waals surface area contributed by atoms with E-state index in [0.717, 1.165) is 16.6 Å². The lowest BCUT2D eigenvalue weighted by Crippen LogP contribution is -2.25. The third kappa shape index (κ3) is 5.43. The molecule has 7 heteroatoms. The number of nitrogens with one attached hydrogen (secondary N) is 1. The Labute approximate surface area is 198 Å². The zero-order chi connectivity index (χ0) is 23.2. The molecule has 1 heterocycles. The molecule has 0 atom stereocenters. The molecule has 0 unspecified atom stereocenters. The van der Waals surface area contributed by atoms with Gasteiger partial charge in [0.15, 0.2) is 11.0 Å². The van der Waals surface area contributed by atoms with Crippen molar-refractivity contribution in [2.75, 3.05) is 7.11 Å². The first-order chi connectivity index (χ1) is 16.0. The van der Waals surface area contributed by atoms with Crippen molar-refractivity contribution in [2.45, 2.75) is 31.3 Å². The van der Waals surface area contributed by atoms with Gasteiger partial charge in [-0.1, -0.05) is 71.4 Å². The van der Waals surface area contributed by atoms with Crippen LogP contribution in [0.25, 0.3) is 5.69 Å². The van der Waals surface area contributed by atoms with E-state index in [4.69, 9.17) is 4.74 Å². The van der Waals surface area contributed by atoms with E-state index in [1.165, 1.54) is 16.7 Å². The number of carbonyl (C=O) groups excluding carboxylic acids is 1. The maximum Gasteiger partial charge on any atom is 0.255 e. The summed E-state index contributed by atoms with van der Waals surface area (Å²) >= 11 is 1.62. The molecule has 0 saturated carbocycles. The summed E-state index contributed by atoms with van der Waals surface area (Å²) in [7, 11) is 1.55. The maximum atomic E-state index is 12.8. The number of thioether (sulfide) groups is 1. The Bertz CT molecular complexity index is 1250. The van der Waals surface area contributed by atoms with Crippen LogP contribution in [0.4, 0.5) is 0 Å². The predicted octanol–water partition coefficient (Wildman–Crippen LogP) is 5.12. The fourth-order valence-corrected chi connectivity index (χ4v) is 4.41. The standard InChI is InChI=1S/C26H26N4O2S/c1-18-11-13-21(14-12-18)30-24(16-27-25(31)22-9-4-5-10-23(22)32-3)28-29-26(30)33-17-20-8-6-7-19(2)15-20/h4-15H,16-17H2,1-3H3,(H,27,31). The summed E-state index contributed by atoms with van der Waals surface area (Å²) in [6, 6.07) is 23.8. The van der Waals surface area contributed by atoms with E-state index < -0.39 is 0 Å². The largest absolute Gasteiger partial charge is 0.496 e. The van der Waals surface area contributed by atoms with Gasteiger partial charge in [0.1, 0.15) is 5.75 Å². The molecule has 33 heavy (non-hydrogen) atoms. The summed E-state index contributed by atoms with van der Waals surface area (Å²) in [6.07, 6.45) is 0. The number of amides is 1. The van der Waals surface area contributed by atoms with Crippen LogP contribution in [0, 0.1) is 13.8 Å². The van der Waals surface area contributed by atoms with Gasteiger partial charge in [-0.2, -0.15) is 0 Å². The quantitative estimate of drug-likeness (QED) is 0.371. The first-order valence-corrected chi connectivity index (χ1v) is 11.6. The Balaban J connectivity index is 1.58. The highest BCUT2D eigenvalue weighted by atomic mass is 32.2. The van der Waals surface area contributed by atoms with Crippen molar-refractivity contribution in [1.82, 2.24) is 20.1 Å². The van der Waals surface area contributed by atoms with Gasteiger partial charge in [0, 0.05) is 11.4 Å². The second-order valence-electron chi connectivity index (χ2n) is 7.73. The van der Waals surface area contributed by atoms with E-state index >= 15 is 0 Å². The molecule has 1 amide bonds. The molecule has 0 aliphatic heterocycles. The summed E-state index contributed by atoms with van der Waals surface area (Å²) < 4.78 is 7.31. The van der Waals surface area contributed by atoms with Crippen molar-refractivity contribution in [3.05, 3.63) is 101 Å². The van der Waals surface area contributed by atoms with Crippen molar-refractivity contribution >= 4 is 17.7 Å². The Morgan fingerprint density at radius 2 is 1.76 bits per heavy atom. The molecule has 0 fully saturated rings. The van der Waals surface area contributed by atoms with Gasteiger partial charge in [0.2, 0.25) is 0 Å². The number of hydrogen-bond donors (Lipinski definition) is 1. The van der Waals surface area contributed by atoms with Crippen LogP contribution in [0.3, 0.4) is 0 Å². The third-order valence-electron chi connectivity index (χ3n) is 5.20. The van der Waals surface area contributed by atoms with Crippen LogP contribution < -0.4 is 10.1 Å². The average molecular weight is 459 g/mol. The van der Waals surface area contributed by atoms with Crippen molar-refractivity contribution < 1.29 is 9.53 Å². The number of aromatic nitrogens is 3. The SMILES string of the molecule is COc1ccccc1C(=O)NCc1nnc(SCc2cccc(C)c2)n1-c1ccc(C)cc1. The van der Waals surface area contributed by atoms with E-state index in [1.54, 1.807) is 31.0 Å². The van der Waals surface area contributed by atoms with Crippen molar-refractivity contribution in [2.24, 2.45) is 0 Å². The number of para-hydroxylation sites is 1. The van der Waals surface area contributed by atoms with Crippen LogP contribution in [0.2, 0.25) is 0 Å². The van der Waals surface area contributed by atoms with E-state index in [0.29, 0.717) is 17.1 Å². The zero-order valence-corrected chi connectivity index (χ0v) is 19.7. The number of methoxy groups -OCH3 is 1. The van der Waals surface area contributed by atoms with Gasteiger partial charge in [-0.15, -0.1) is 10.2 Å². The van der Waals surface area contributed by atoms with Crippen LogP contribution in [0.5, 0.6) is 5.75 Å². The van der Waals surface area contributed by atoms with Gasteiger partial charge < -0.3 is 10.1 Å². The number of ether oxygens (including phenoxy) is 1. The Kier molecular flexibility index (Phi) is 7.10. The van der Waals surface area contributed by atoms with Crippen LogP contribution in [0.1, 0.15) is 32.9 Å². The lowest BCUT2D eigenvalue weighted by atomic mass is 10.2. The van der Waals surface area contributed by atoms with Crippen LogP contribution in [0.15, 0.2) is 78.0 Å². The second-order valence-corrected chi connectivity index (χ2v) is 8.67. The minimum Gasteiger partial charge on any atom is -0.496 e. The van der Waals surface area contributed by atoms with Gasteiger partial charge in [-0.05, 0) is 43.7 Å². The molecule has 4 rings (SSSR count). The molecule has 0 saturated heterocycles. The average Bonchev–Trinajstić information content (AvgIpc) is 3.24. The van der Waals surface area contributed by atoms with Gasteiger partial charge in [0.25, 0.3) is 5.91 Å². The molecule has 168 valence electrons. The van der Waals surface area contributed by atoms with Crippen molar-refractivity contribution in [1.29, 1.82) is 0 Å². The fourth-order valence-electron chi connectivity index (χ4n) is 3.50. The zero-order valence-electron chi connectivity index (χ0n) is 18.9. The number of hydrogen-bond acceptors (Lipinski definition) is 5. The van der Waals surface area contributed by atoms with Gasteiger partial charge >= 0.3 is 0 Å². The first kappa shape index (κ1) is 22.6. The first-order valence-electron chi connectivity index (χ1n) is 10.7. The number of benzene rings is 3. The lowest BCUT2D eigenvalue weighted by Gasteiger charge is -2.12. The molecule has 0 spiro atoms. The molecule has 6 nitrogen and oxygen atoms in total.